The second kappa shape index (κ2) is 3.73. The summed E-state index contributed by atoms with van der Waals surface area (Å²) in [6.45, 7) is -1.19. The van der Waals surface area contributed by atoms with Crippen molar-refractivity contribution in [3.8, 4) is 0 Å². The summed E-state index contributed by atoms with van der Waals surface area (Å²) >= 11 is 0. The normalized spacial score (nSPS) is 12.9. The number of halogens is 5. The lowest BCUT2D eigenvalue weighted by molar-refractivity contribution is -0.141. The van der Waals surface area contributed by atoms with Crippen LogP contribution < -0.4 is 5.73 Å². The maximum absolute atomic E-state index is 13.0. The lowest BCUT2D eigenvalue weighted by Gasteiger charge is -2.18. The van der Waals surface area contributed by atoms with E-state index in [1.165, 1.54) is 0 Å². The number of alkyl halides is 5. The van der Waals surface area contributed by atoms with E-state index in [1.54, 1.807) is 0 Å². The van der Waals surface area contributed by atoms with Crippen molar-refractivity contribution in [1.29, 1.82) is 0 Å². The molecule has 84 valence electrons. The molecule has 0 aliphatic rings. The van der Waals surface area contributed by atoms with E-state index < -0.39 is 29.8 Å². The fourth-order valence-corrected chi connectivity index (χ4v) is 1.04. The molecule has 1 aromatic rings. The van der Waals surface area contributed by atoms with Crippen LogP contribution in [0.2, 0.25) is 0 Å². The zero-order chi connectivity index (χ0) is 11.7. The van der Waals surface area contributed by atoms with Crippen LogP contribution in [0.5, 0.6) is 0 Å². The first-order valence-electron chi connectivity index (χ1n) is 3.88. The smallest absolute Gasteiger partial charge is 0.325 e. The van der Waals surface area contributed by atoms with Crippen molar-refractivity contribution in [1.82, 2.24) is 4.98 Å². The first kappa shape index (κ1) is 11.8. The van der Waals surface area contributed by atoms with Gasteiger partial charge in [-0.05, 0) is 6.07 Å². The van der Waals surface area contributed by atoms with Crippen molar-refractivity contribution in [3.63, 3.8) is 0 Å². The Morgan fingerprint density at radius 2 is 1.73 bits per heavy atom. The van der Waals surface area contributed by atoms with E-state index in [0.717, 1.165) is 6.20 Å². The van der Waals surface area contributed by atoms with Crippen molar-refractivity contribution >= 4 is 0 Å². The highest BCUT2D eigenvalue weighted by Crippen LogP contribution is 2.38. The highest BCUT2D eigenvalue weighted by molar-refractivity contribution is 5.30. The summed E-state index contributed by atoms with van der Waals surface area (Å²) in [6.07, 6.45) is -3.55. The summed E-state index contributed by atoms with van der Waals surface area (Å²) in [5, 5.41) is 0. The van der Waals surface area contributed by atoms with E-state index in [1.807, 2.05) is 0 Å². The Morgan fingerprint density at radius 1 is 1.13 bits per heavy atom. The fourth-order valence-electron chi connectivity index (χ4n) is 1.04. The van der Waals surface area contributed by atoms with Gasteiger partial charge in [-0.3, -0.25) is 4.98 Å². The van der Waals surface area contributed by atoms with E-state index in [0.29, 0.717) is 12.3 Å². The van der Waals surface area contributed by atoms with Crippen molar-refractivity contribution < 1.29 is 22.0 Å². The SMILES string of the molecule is NCC(F)(F)c1cnccc1C(F)(F)F. The Kier molecular flexibility index (Phi) is 2.94. The van der Waals surface area contributed by atoms with Crippen molar-refractivity contribution in [2.75, 3.05) is 6.54 Å². The van der Waals surface area contributed by atoms with Gasteiger partial charge in [0.05, 0.1) is 17.7 Å². The standard InChI is InChI=1S/C8H7F5N2/c9-7(10,4-14)6-3-15-2-1-5(6)8(11,12)13/h1-3H,4,14H2. The summed E-state index contributed by atoms with van der Waals surface area (Å²) < 4.78 is 63.0. The van der Waals surface area contributed by atoms with Gasteiger partial charge >= 0.3 is 6.18 Å². The molecule has 1 rings (SSSR count). The molecule has 0 bridgehead atoms. The molecule has 0 unspecified atom stereocenters. The van der Waals surface area contributed by atoms with Crippen LogP contribution in [0.1, 0.15) is 11.1 Å². The highest BCUT2D eigenvalue weighted by Gasteiger charge is 2.41. The molecule has 1 aromatic heterocycles. The zero-order valence-corrected chi connectivity index (χ0v) is 7.35. The van der Waals surface area contributed by atoms with Gasteiger partial charge in [0.2, 0.25) is 0 Å². The van der Waals surface area contributed by atoms with Gasteiger partial charge in [0, 0.05) is 12.4 Å². The minimum Gasteiger partial charge on any atom is -0.325 e. The first-order chi connectivity index (χ1) is 6.79. The summed E-state index contributed by atoms with van der Waals surface area (Å²) in [6, 6.07) is 0.499. The predicted molar refractivity (Wildman–Crippen MR) is 42.2 cm³/mol. The second-order valence-corrected chi connectivity index (χ2v) is 2.83. The van der Waals surface area contributed by atoms with Gasteiger partial charge in [-0.2, -0.15) is 22.0 Å². The van der Waals surface area contributed by atoms with Crippen LogP contribution in [0.15, 0.2) is 18.5 Å². The van der Waals surface area contributed by atoms with Crippen LogP contribution in [0.25, 0.3) is 0 Å². The zero-order valence-electron chi connectivity index (χ0n) is 7.35. The molecule has 0 aliphatic heterocycles. The van der Waals surface area contributed by atoms with Gasteiger partial charge in [-0.15, -0.1) is 0 Å². The minimum atomic E-state index is -4.84. The molecule has 0 amide bonds. The number of rotatable bonds is 2. The molecule has 0 saturated carbocycles. The minimum absolute atomic E-state index is 0.482. The molecule has 15 heavy (non-hydrogen) atoms. The van der Waals surface area contributed by atoms with Gasteiger partial charge < -0.3 is 5.73 Å². The van der Waals surface area contributed by atoms with Crippen molar-refractivity contribution in [3.05, 3.63) is 29.6 Å². The Labute approximate surface area is 81.9 Å². The molecule has 2 nitrogen and oxygen atoms in total. The van der Waals surface area contributed by atoms with Crippen LogP contribution in [-0.2, 0) is 12.1 Å². The molecule has 2 N–H and O–H groups in total. The van der Waals surface area contributed by atoms with Crippen molar-refractivity contribution in [2.45, 2.75) is 12.1 Å². The molecule has 1 heterocycles. The Morgan fingerprint density at radius 3 is 2.20 bits per heavy atom. The summed E-state index contributed by atoms with van der Waals surface area (Å²) in [5.41, 5.74) is 2.10. The lowest BCUT2D eigenvalue weighted by atomic mass is 10.0. The predicted octanol–water partition coefficient (Wildman–Crippen LogP) is 2.15. The number of hydrogen-bond donors (Lipinski definition) is 1. The molecule has 0 saturated heterocycles. The van der Waals surface area contributed by atoms with Gasteiger partial charge in [-0.25, -0.2) is 0 Å². The Hall–Kier alpha value is -1.24. The van der Waals surface area contributed by atoms with Crippen LogP contribution in [0.4, 0.5) is 22.0 Å². The van der Waals surface area contributed by atoms with Crippen LogP contribution in [-0.4, -0.2) is 11.5 Å². The Balaban J connectivity index is 3.31. The highest BCUT2D eigenvalue weighted by atomic mass is 19.4. The topological polar surface area (TPSA) is 38.9 Å². The molecule has 0 atom stereocenters. The van der Waals surface area contributed by atoms with Gasteiger partial charge in [0.15, 0.2) is 0 Å². The monoisotopic (exact) mass is 226 g/mol. The lowest BCUT2D eigenvalue weighted by Crippen LogP contribution is -2.28. The average molecular weight is 226 g/mol. The summed E-state index contributed by atoms with van der Waals surface area (Å²) in [7, 11) is 0. The van der Waals surface area contributed by atoms with E-state index >= 15 is 0 Å². The quantitative estimate of drug-likeness (QED) is 0.784. The van der Waals surface area contributed by atoms with Crippen molar-refractivity contribution in [2.24, 2.45) is 5.73 Å². The first-order valence-corrected chi connectivity index (χ1v) is 3.88. The molecule has 7 heteroatoms. The molecule has 0 aromatic carbocycles. The number of pyridine rings is 1. The van der Waals surface area contributed by atoms with Gasteiger partial charge in [-0.1, -0.05) is 0 Å². The number of hydrogen-bond acceptors (Lipinski definition) is 2. The molecule has 0 radical (unpaired) electrons. The maximum atomic E-state index is 13.0. The maximum Gasteiger partial charge on any atom is 0.417 e. The van der Waals surface area contributed by atoms with E-state index in [-0.39, 0.29) is 0 Å². The third-order valence-electron chi connectivity index (χ3n) is 1.78. The van der Waals surface area contributed by atoms with Crippen LogP contribution >= 0.6 is 0 Å². The van der Waals surface area contributed by atoms with E-state index in [2.05, 4.69) is 4.98 Å². The van der Waals surface area contributed by atoms with E-state index in [4.69, 9.17) is 5.73 Å². The average Bonchev–Trinajstić information content (AvgIpc) is 2.16. The number of aromatic nitrogens is 1. The summed E-state index contributed by atoms with van der Waals surface area (Å²) in [5.74, 6) is -3.72. The molecule has 0 fully saturated rings. The third kappa shape index (κ3) is 2.41. The third-order valence-corrected chi connectivity index (χ3v) is 1.78. The number of nitrogens with zero attached hydrogens (tertiary/aromatic N) is 1. The molecule has 0 aliphatic carbocycles. The van der Waals surface area contributed by atoms with E-state index in [9.17, 15) is 22.0 Å². The second-order valence-electron chi connectivity index (χ2n) is 2.83. The molecular weight excluding hydrogens is 219 g/mol. The molecule has 0 spiro atoms. The van der Waals surface area contributed by atoms with Gasteiger partial charge in [0.1, 0.15) is 0 Å². The Bertz CT molecular complexity index is 347. The van der Waals surface area contributed by atoms with Crippen LogP contribution in [0.3, 0.4) is 0 Å². The molecular formula is C8H7F5N2. The van der Waals surface area contributed by atoms with Gasteiger partial charge in [0.25, 0.3) is 5.92 Å². The largest absolute Gasteiger partial charge is 0.417 e. The summed E-state index contributed by atoms with van der Waals surface area (Å²) in [4.78, 5) is 3.24. The fraction of sp³-hybridized carbons (Fsp3) is 0.375. The number of nitrogens with two attached hydrogens (primary N) is 1. The van der Waals surface area contributed by atoms with Crippen LogP contribution in [0, 0.1) is 0 Å².